The smallest absolute Gasteiger partial charge is 0.342 e. The van der Waals surface area contributed by atoms with E-state index in [1.54, 1.807) is 25.1 Å². The van der Waals surface area contributed by atoms with Crippen molar-refractivity contribution in [2.24, 2.45) is 11.3 Å². The van der Waals surface area contributed by atoms with Crippen molar-refractivity contribution in [3.05, 3.63) is 41.5 Å². The summed E-state index contributed by atoms with van der Waals surface area (Å²) in [6, 6.07) is 6.39. The molecule has 1 aliphatic carbocycles. The number of para-hydroxylation sites is 1. The summed E-state index contributed by atoms with van der Waals surface area (Å²) in [6.07, 6.45) is 4.91. The molecular formula is C20H25ClO4. The Labute approximate surface area is 153 Å². The van der Waals surface area contributed by atoms with E-state index in [9.17, 15) is 14.7 Å². The van der Waals surface area contributed by atoms with Gasteiger partial charge in [0.05, 0.1) is 0 Å². The molecule has 1 aromatic carbocycles. The molecule has 136 valence electrons. The molecule has 0 radical (unpaired) electrons. The number of carbonyl (C=O) groups excluding carboxylic acids is 2. The highest BCUT2D eigenvalue weighted by molar-refractivity contribution is 6.67. The van der Waals surface area contributed by atoms with Crippen molar-refractivity contribution in [1.29, 1.82) is 0 Å². The zero-order chi connectivity index (χ0) is 18.6. The molecule has 1 aliphatic rings. The number of hydrogen-bond acceptors (Lipinski definition) is 4. The van der Waals surface area contributed by atoms with E-state index < -0.39 is 11.2 Å². The minimum Gasteiger partial charge on any atom is -0.507 e. The Morgan fingerprint density at radius 2 is 2.00 bits per heavy atom. The molecular weight excluding hydrogens is 340 g/mol. The van der Waals surface area contributed by atoms with Crippen LogP contribution >= 0.6 is 11.6 Å². The Balaban J connectivity index is 2.05. The molecule has 2 rings (SSSR count). The summed E-state index contributed by atoms with van der Waals surface area (Å²) in [5, 5.41) is 9.38. The van der Waals surface area contributed by atoms with Gasteiger partial charge in [0.25, 0.3) is 0 Å². The summed E-state index contributed by atoms with van der Waals surface area (Å²) >= 11 is 5.48. The molecule has 0 spiro atoms. The number of phenolic OH excluding ortho intramolecular Hbond substituents is 1. The van der Waals surface area contributed by atoms with Crippen molar-refractivity contribution in [2.75, 3.05) is 0 Å². The van der Waals surface area contributed by atoms with Gasteiger partial charge in [0, 0.05) is 5.57 Å². The third kappa shape index (κ3) is 5.60. The van der Waals surface area contributed by atoms with E-state index in [1.807, 2.05) is 6.08 Å². The molecule has 2 atom stereocenters. The highest BCUT2D eigenvalue weighted by atomic mass is 35.5. The van der Waals surface area contributed by atoms with E-state index in [-0.39, 0.29) is 22.8 Å². The predicted molar refractivity (Wildman–Crippen MR) is 97.7 cm³/mol. The average Bonchev–Trinajstić information content (AvgIpc) is 2.51. The second-order valence-corrected chi connectivity index (χ2v) is 7.96. The van der Waals surface area contributed by atoms with Gasteiger partial charge >= 0.3 is 5.97 Å². The topological polar surface area (TPSA) is 63.6 Å². The number of halogens is 1. The molecule has 1 aromatic rings. The molecule has 1 fully saturated rings. The molecule has 0 heterocycles. The van der Waals surface area contributed by atoms with Crippen LogP contribution in [0.3, 0.4) is 0 Å². The van der Waals surface area contributed by atoms with Gasteiger partial charge in [-0.2, -0.15) is 0 Å². The summed E-state index contributed by atoms with van der Waals surface area (Å²) in [5.74, 6) is -0.252. The van der Waals surface area contributed by atoms with E-state index >= 15 is 0 Å². The second kappa shape index (κ2) is 8.05. The number of aromatic hydroxyl groups is 1. The lowest BCUT2D eigenvalue weighted by molar-refractivity contribution is -0.108. The molecule has 0 amide bonds. The third-order valence-electron chi connectivity index (χ3n) is 4.68. The van der Waals surface area contributed by atoms with Crippen molar-refractivity contribution >= 4 is 22.8 Å². The Hall–Kier alpha value is -1.81. The van der Waals surface area contributed by atoms with E-state index in [1.165, 1.54) is 6.07 Å². The zero-order valence-electron chi connectivity index (χ0n) is 14.9. The number of carbonyl (C=O) groups is 2. The summed E-state index contributed by atoms with van der Waals surface area (Å²) in [6.45, 7) is 6.02. The lowest BCUT2D eigenvalue weighted by atomic mass is 9.70. The summed E-state index contributed by atoms with van der Waals surface area (Å²) < 4.78 is 5.67. The monoisotopic (exact) mass is 364 g/mol. The van der Waals surface area contributed by atoms with Crippen LogP contribution in [0.15, 0.2) is 35.9 Å². The highest BCUT2D eigenvalue weighted by Crippen LogP contribution is 2.42. The van der Waals surface area contributed by atoms with E-state index in [4.69, 9.17) is 16.3 Å². The molecule has 25 heavy (non-hydrogen) atoms. The van der Waals surface area contributed by atoms with Crippen LogP contribution in [0.1, 0.15) is 56.8 Å². The Morgan fingerprint density at radius 1 is 1.32 bits per heavy atom. The third-order valence-corrected chi connectivity index (χ3v) is 4.98. The van der Waals surface area contributed by atoms with Crippen LogP contribution in [0.4, 0.5) is 0 Å². The molecule has 1 N–H and O–H groups in total. The minimum atomic E-state index is -0.498. The van der Waals surface area contributed by atoms with Gasteiger partial charge in [0.1, 0.15) is 17.4 Å². The minimum absolute atomic E-state index is 0.0410. The lowest BCUT2D eigenvalue weighted by Gasteiger charge is -2.39. The van der Waals surface area contributed by atoms with Gasteiger partial charge in [-0.1, -0.05) is 32.1 Å². The van der Waals surface area contributed by atoms with Gasteiger partial charge in [0.15, 0.2) is 0 Å². The van der Waals surface area contributed by atoms with Gasteiger partial charge in [0.2, 0.25) is 5.24 Å². The molecule has 1 saturated carbocycles. The quantitative estimate of drug-likeness (QED) is 0.461. The molecule has 4 nitrogen and oxygen atoms in total. The largest absolute Gasteiger partial charge is 0.507 e. The van der Waals surface area contributed by atoms with Crippen molar-refractivity contribution < 1.29 is 19.4 Å². The number of rotatable bonds is 5. The van der Waals surface area contributed by atoms with Crippen LogP contribution in [-0.4, -0.2) is 22.4 Å². The fourth-order valence-corrected chi connectivity index (χ4v) is 3.65. The van der Waals surface area contributed by atoms with Crippen molar-refractivity contribution in [3.63, 3.8) is 0 Å². The highest BCUT2D eigenvalue weighted by Gasteiger charge is 2.35. The van der Waals surface area contributed by atoms with Crippen LogP contribution in [0.2, 0.25) is 0 Å². The van der Waals surface area contributed by atoms with Crippen LogP contribution in [-0.2, 0) is 9.53 Å². The van der Waals surface area contributed by atoms with Gasteiger partial charge in [-0.25, -0.2) is 4.79 Å². The summed E-state index contributed by atoms with van der Waals surface area (Å²) in [5.41, 5.74) is 0.776. The first kappa shape index (κ1) is 19.5. The van der Waals surface area contributed by atoms with Gasteiger partial charge in [-0.3, -0.25) is 4.79 Å². The van der Waals surface area contributed by atoms with E-state index in [0.29, 0.717) is 11.5 Å². The number of esters is 1. The average molecular weight is 365 g/mol. The van der Waals surface area contributed by atoms with Crippen molar-refractivity contribution in [3.8, 4) is 5.75 Å². The first-order valence-corrected chi connectivity index (χ1v) is 8.91. The van der Waals surface area contributed by atoms with Gasteiger partial charge in [-0.05, 0) is 67.7 Å². The fourth-order valence-electron chi connectivity index (χ4n) is 3.57. The van der Waals surface area contributed by atoms with Crippen LogP contribution in [0.25, 0.3) is 0 Å². The van der Waals surface area contributed by atoms with Crippen LogP contribution in [0, 0.1) is 11.3 Å². The fraction of sp³-hybridized carbons (Fsp3) is 0.500. The number of phenols is 1. The predicted octanol–water partition coefficient (Wildman–Crippen LogP) is 4.85. The first-order chi connectivity index (χ1) is 11.7. The number of allylic oxidation sites excluding steroid dienone is 2. The van der Waals surface area contributed by atoms with Crippen molar-refractivity contribution in [2.45, 2.75) is 52.6 Å². The SMILES string of the molecule is C/C(=C/CC1CC(OC(=O)c2ccccc2O)CC(C)(C)C1)C(=O)Cl. The summed E-state index contributed by atoms with van der Waals surface area (Å²) in [7, 11) is 0. The van der Waals surface area contributed by atoms with E-state index in [2.05, 4.69) is 13.8 Å². The molecule has 0 aliphatic heterocycles. The molecule has 5 heteroatoms. The maximum absolute atomic E-state index is 12.4. The number of hydrogen-bond donors (Lipinski definition) is 1. The standard InChI is InChI=1S/C20H25ClO4/c1-13(18(21)23)8-9-14-10-15(12-20(2,3)11-14)25-19(24)16-6-4-5-7-17(16)22/h4-8,14-15,22H,9-12H2,1-3H3/b13-8-. The molecule has 0 bridgehead atoms. The van der Waals surface area contributed by atoms with Gasteiger partial charge < -0.3 is 9.84 Å². The Bertz CT molecular complexity index is 678. The lowest BCUT2D eigenvalue weighted by Crippen LogP contribution is -2.34. The van der Waals surface area contributed by atoms with Crippen LogP contribution in [0.5, 0.6) is 5.75 Å². The van der Waals surface area contributed by atoms with E-state index in [0.717, 1.165) is 25.7 Å². The molecule has 0 saturated heterocycles. The molecule has 0 aromatic heterocycles. The normalized spacial score (nSPS) is 23.1. The second-order valence-electron chi connectivity index (χ2n) is 7.62. The number of ether oxygens (including phenoxy) is 1. The first-order valence-electron chi connectivity index (χ1n) is 8.53. The Morgan fingerprint density at radius 3 is 2.64 bits per heavy atom. The van der Waals surface area contributed by atoms with Gasteiger partial charge in [-0.15, -0.1) is 0 Å². The molecule has 2 unspecified atom stereocenters. The number of benzene rings is 1. The maximum Gasteiger partial charge on any atom is 0.342 e. The van der Waals surface area contributed by atoms with Crippen molar-refractivity contribution in [1.82, 2.24) is 0 Å². The zero-order valence-corrected chi connectivity index (χ0v) is 15.7. The Kier molecular flexibility index (Phi) is 6.28. The van der Waals surface area contributed by atoms with Crippen LogP contribution < -0.4 is 0 Å². The summed E-state index contributed by atoms with van der Waals surface area (Å²) in [4.78, 5) is 23.5. The maximum atomic E-state index is 12.4.